The van der Waals surface area contributed by atoms with E-state index in [0.717, 1.165) is 5.69 Å². The van der Waals surface area contributed by atoms with Crippen LogP contribution < -0.4 is 10.6 Å². The average molecular weight is 300 g/mol. The summed E-state index contributed by atoms with van der Waals surface area (Å²) in [6.07, 6.45) is 0.283. The number of rotatable bonds is 5. The number of halogens is 1. The van der Waals surface area contributed by atoms with Crippen molar-refractivity contribution in [1.82, 2.24) is 0 Å². The van der Waals surface area contributed by atoms with Crippen LogP contribution in [0.3, 0.4) is 0 Å². The van der Waals surface area contributed by atoms with Gasteiger partial charge in [0.1, 0.15) is 6.07 Å². The van der Waals surface area contributed by atoms with Gasteiger partial charge >= 0.3 is 0 Å². The van der Waals surface area contributed by atoms with Gasteiger partial charge in [0.05, 0.1) is 22.0 Å². The number of nitriles is 1. The van der Waals surface area contributed by atoms with Crippen molar-refractivity contribution in [3.8, 4) is 6.07 Å². The second-order valence-corrected chi connectivity index (χ2v) is 4.77. The first-order valence-corrected chi connectivity index (χ1v) is 6.86. The molecule has 0 saturated heterocycles. The number of anilines is 2. The molecule has 1 amide bonds. The molecule has 2 aromatic rings. The van der Waals surface area contributed by atoms with Gasteiger partial charge in [0.25, 0.3) is 0 Å². The predicted molar refractivity (Wildman–Crippen MR) is 84.3 cm³/mol. The molecule has 5 heteroatoms. The summed E-state index contributed by atoms with van der Waals surface area (Å²) in [5.74, 6) is -0.134. The zero-order valence-corrected chi connectivity index (χ0v) is 12.0. The summed E-state index contributed by atoms with van der Waals surface area (Å²) in [4.78, 5) is 11.8. The highest BCUT2D eigenvalue weighted by Gasteiger charge is 2.06. The van der Waals surface area contributed by atoms with Gasteiger partial charge in [-0.25, -0.2) is 0 Å². The molecular formula is C16H14ClN3O. The monoisotopic (exact) mass is 299 g/mol. The summed E-state index contributed by atoms with van der Waals surface area (Å²) in [5.41, 5.74) is 1.89. The van der Waals surface area contributed by atoms with Gasteiger partial charge in [0.2, 0.25) is 5.91 Å². The fourth-order valence-electron chi connectivity index (χ4n) is 1.82. The lowest BCUT2D eigenvalue weighted by atomic mass is 10.2. The molecular weight excluding hydrogens is 286 g/mol. The Hall–Kier alpha value is -2.51. The van der Waals surface area contributed by atoms with E-state index in [2.05, 4.69) is 16.7 Å². The Bertz CT molecular complexity index is 679. The number of hydrogen-bond donors (Lipinski definition) is 2. The maximum absolute atomic E-state index is 11.8. The van der Waals surface area contributed by atoms with Crippen LogP contribution in [0, 0.1) is 11.3 Å². The fraction of sp³-hybridized carbons (Fsp3) is 0.125. The molecule has 2 rings (SSSR count). The molecule has 0 bridgehead atoms. The summed E-state index contributed by atoms with van der Waals surface area (Å²) in [7, 11) is 0. The Morgan fingerprint density at radius 2 is 1.76 bits per heavy atom. The Labute approximate surface area is 128 Å². The highest BCUT2D eigenvalue weighted by atomic mass is 35.5. The molecule has 2 N–H and O–H groups in total. The van der Waals surface area contributed by atoms with Crippen LogP contribution in [0.25, 0.3) is 0 Å². The summed E-state index contributed by atoms with van der Waals surface area (Å²) in [5, 5.41) is 15.3. The highest BCUT2D eigenvalue weighted by molar-refractivity contribution is 6.33. The average Bonchev–Trinajstić information content (AvgIpc) is 2.50. The highest BCUT2D eigenvalue weighted by Crippen LogP contribution is 2.20. The minimum atomic E-state index is -0.134. The summed E-state index contributed by atoms with van der Waals surface area (Å²) in [6.45, 7) is 0.439. The summed E-state index contributed by atoms with van der Waals surface area (Å²) < 4.78 is 0. The second-order valence-electron chi connectivity index (χ2n) is 4.36. The van der Waals surface area contributed by atoms with E-state index >= 15 is 0 Å². The smallest absolute Gasteiger partial charge is 0.226 e. The molecule has 0 radical (unpaired) electrons. The molecule has 0 saturated carbocycles. The van der Waals surface area contributed by atoms with Gasteiger partial charge < -0.3 is 10.6 Å². The van der Waals surface area contributed by atoms with Crippen LogP contribution in [-0.4, -0.2) is 12.5 Å². The number of amides is 1. The first kappa shape index (κ1) is 14.9. The molecule has 2 aromatic carbocycles. The van der Waals surface area contributed by atoms with Gasteiger partial charge in [0.15, 0.2) is 0 Å². The molecule has 106 valence electrons. The van der Waals surface area contributed by atoms with Gasteiger partial charge in [-0.2, -0.15) is 5.26 Å². The molecule has 0 aliphatic rings. The molecule has 4 nitrogen and oxygen atoms in total. The number of nitrogens with zero attached hydrogens (tertiary/aromatic N) is 1. The summed E-state index contributed by atoms with van der Waals surface area (Å²) >= 11 is 5.97. The van der Waals surface area contributed by atoms with E-state index in [0.29, 0.717) is 22.8 Å². The molecule has 0 aromatic heterocycles. The van der Waals surface area contributed by atoms with Crippen LogP contribution in [0.4, 0.5) is 11.4 Å². The van der Waals surface area contributed by atoms with Crippen LogP contribution in [0.15, 0.2) is 48.5 Å². The van der Waals surface area contributed by atoms with E-state index < -0.39 is 0 Å². The largest absolute Gasteiger partial charge is 0.383 e. The first-order chi connectivity index (χ1) is 10.2. The molecule has 0 aliphatic carbocycles. The van der Waals surface area contributed by atoms with E-state index in [1.54, 1.807) is 30.3 Å². The van der Waals surface area contributed by atoms with Gasteiger partial charge in [-0.1, -0.05) is 35.9 Å². The van der Waals surface area contributed by atoms with Crippen LogP contribution in [0.1, 0.15) is 12.0 Å². The number of nitrogens with one attached hydrogen (secondary N) is 2. The topological polar surface area (TPSA) is 64.9 Å². The maximum Gasteiger partial charge on any atom is 0.226 e. The van der Waals surface area contributed by atoms with Crippen LogP contribution >= 0.6 is 11.6 Å². The minimum absolute atomic E-state index is 0.134. The molecule has 0 atom stereocenters. The Morgan fingerprint density at radius 1 is 1.10 bits per heavy atom. The van der Waals surface area contributed by atoms with Crippen molar-refractivity contribution in [3.63, 3.8) is 0 Å². The van der Waals surface area contributed by atoms with Gasteiger partial charge in [-0.05, 0) is 24.3 Å². The second kappa shape index (κ2) is 7.32. The summed E-state index contributed by atoms with van der Waals surface area (Å²) in [6, 6.07) is 16.4. The lowest BCUT2D eigenvalue weighted by Gasteiger charge is -2.09. The van der Waals surface area contributed by atoms with E-state index in [1.165, 1.54) is 0 Å². The SMILES string of the molecule is N#Cc1ccccc1NCCC(=O)Nc1ccccc1Cl. The number of para-hydroxylation sites is 2. The fourth-order valence-corrected chi connectivity index (χ4v) is 2.00. The predicted octanol–water partition coefficient (Wildman–Crippen LogP) is 3.65. The number of carbonyl (C=O) groups excluding carboxylic acids is 1. The van der Waals surface area contributed by atoms with E-state index in [9.17, 15) is 4.79 Å². The molecule has 0 unspecified atom stereocenters. The molecule has 21 heavy (non-hydrogen) atoms. The Balaban J connectivity index is 1.85. The number of benzene rings is 2. The molecule has 0 spiro atoms. The van der Waals surface area contributed by atoms with E-state index in [1.807, 2.05) is 18.2 Å². The van der Waals surface area contributed by atoms with Gasteiger partial charge in [-0.15, -0.1) is 0 Å². The van der Waals surface area contributed by atoms with Gasteiger partial charge in [-0.3, -0.25) is 4.79 Å². The van der Waals surface area contributed by atoms with Crippen LogP contribution in [-0.2, 0) is 4.79 Å². The zero-order chi connectivity index (χ0) is 15.1. The quantitative estimate of drug-likeness (QED) is 0.885. The Kier molecular flexibility index (Phi) is 5.19. The zero-order valence-electron chi connectivity index (χ0n) is 11.3. The van der Waals surface area contributed by atoms with Crippen molar-refractivity contribution in [1.29, 1.82) is 5.26 Å². The standard InChI is InChI=1S/C16H14ClN3O/c17-13-6-2-4-8-15(13)20-16(21)9-10-19-14-7-3-1-5-12(14)11-18/h1-8,19H,9-10H2,(H,20,21). The van der Waals surface area contributed by atoms with Gasteiger partial charge in [0, 0.05) is 13.0 Å². The Morgan fingerprint density at radius 3 is 2.48 bits per heavy atom. The van der Waals surface area contributed by atoms with E-state index in [-0.39, 0.29) is 12.3 Å². The molecule has 0 heterocycles. The number of hydrogen-bond acceptors (Lipinski definition) is 3. The van der Waals surface area contributed by atoms with Crippen LogP contribution in [0.5, 0.6) is 0 Å². The van der Waals surface area contributed by atoms with Crippen molar-refractivity contribution in [2.24, 2.45) is 0 Å². The number of carbonyl (C=O) groups is 1. The third-order valence-corrected chi connectivity index (χ3v) is 3.19. The third-order valence-electron chi connectivity index (χ3n) is 2.86. The lowest BCUT2D eigenvalue weighted by Crippen LogP contribution is -2.16. The lowest BCUT2D eigenvalue weighted by molar-refractivity contribution is -0.115. The van der Waals surface area contributed by atoms with Crippen molar-refractivity contribution in [3.05, 3.63) is 59.1 Å². The first-order valence-electron chi connectivity index (χ1n) is 6.48. The van der Waals surface area contributed by atoms with Crippen molar-refractivity contribution < 1.29 is 4.79 Å². The van der Waals surface area contributed by atoms with Crippen molar-refractivity contribution in [2.45, 2.75) is 6.42 Å². The van der Waals surface area contributed by atoms with Crippen molar-refractivity contribution >= 4 is 28.9 Å². The van der Waals surface area contributed by atoms with E-state index in [4.69, 9.17) is 16.9 Å². The third kappa shape index (κ3) is 4.23. The maximum atomic E-state index is 11.8. The minimum Gasteiger partial charge on any atom is -0.383 e. The molecule has 0 fully saturated rings. The molecule has 0 aliphatic heterocycles. The van der Waals surface area contributed by atoms with Crippen LogP contribution in [0.2, 0.25) is 5.02 Å². The van der Waals surface area contributed by atoms with Crippen molar-refractivity contribution in [2.75, 3.05) is 17.2 Å². The normalized spacial score (nSPS) is 9.71.